The highest BCUT2D eigenvalue weighted by molar-refractivity contribution is 7.08. The van der Waals surface area contributed by atoms with Gasteiger partial charge < -0.3 is 5.32 Å². The van der Waals surface area contributed by atoms with E-state index in [2.05, 4.69) is 32.3 Å². The zero-order chi connectivity index (χ0) is 8.23. The molecule has 0 aliphatic heterocycles. The molecule has 12 heavy (non-hydrogen) atoms. The SMILES string of the molecule is c1cc(CNc2ccsc2)[nH]n1. The van der Waals surface area contributed by atoms with Gasteiger partial charge in [-0.3, -0.25) is 5.10 Å². The molecule has 0 saturated heterocycles. The highest BCUT2D eigenvalue weighted by atomic mass is 32.1. The van der Waals surface area contributed by atoms with Gasteiger partial charge in [0.2, 0.25) is 0 Å². The highest BCUT2D eigenvalue weighted by Gasteiger charge is 1.93. The third kappa shape index (κ3) is 1.65. The van der Waals surface area contributed by atoms with Crippen LogP contribution in [-0.4, -0.2) is 10.2 Å². The minimum absolute atomic E-state index is 0.802. The standard InChI is InChI=1S/C8H9N3S/c1-3-10-11-7(1)5-9-8-2-4-12-6-8/h1-4,6,9H,5H2,(H,10,11). The Bertz CT molecular complexity index is 278. The Morgan fingerprint density at radius 1 is 1.50 bits per heavy atom. The van der Waals surface area contributed by atoms with Crippen LogP contribution in [0.5, 0.6) is 0 Å². The summed E-state index contributed by atoms with van der Waals surface area (Å²) in [4.78, 5) is 0. The second-order valence-electron chi connectivity index (χ2n) is 2.45. The molecule has 2 heterocycles. The molecule has 0 atom stereocenters. The molecular weight excluding hydrogens is 170 g/mol. The molecule has 0 aliphatic rings. The summed E-state index contributed by atoms with van der Waals surface area (Å²) in [5.41, 5.74) is 2.26. The van der Waals surface area contributed by atoms with Crippen molar-refractivity contribution in [3.8, 4) is 0 Å². The molecule has 62 valence electrons. The minimum atomic E-state index is 0.802. The predicted molar refractivity (Wildman–Crippen MR) is 50.2 cm³/mol. The van der Waals surface area contributed by atoms with Gasteiger partial charge in [-0.1, -0.05) is 0 Å². The fraction of sp³-hybridized carbons (Fsp3) is 0.125. The van der Waals surface area contributed by atoms with Crippen LogP contribution in [0.4, 0.5) is 5.69 Å². The van der Waals surface area contributed by atoms with E-state index in [1.807, 2.05) is 6.07 Å². The van der Waals surface area contributed by atoms with Crippen molar-refractivity contribution in [3.63, 3.8) is 0 Å². The van der Waals surface area contributed by atoms with E-state index < -0.39 is 0 Å². The van der Waals surface area contributed by atoms with Gasteiger partial charge in [0.05, 0.1) is 12.2 Å². The summed E-state index contributed by atoms with van der Waals surface area (Å²) in [6.07, 6.45) is 1.75. The first-order valence-electron chi connectivity index (χ1n) is 3.69. The first-order chi connectivity index (χ1) is 5.95. The topological polar surface area (TPSA) is 40.7 Å². The molecule has 0 spiro atoms. The average molecular weight is 179 g/mol. The summed E-state index contributed by atoms with van der Waals surface area (Å²) in [7, 11) is 0. The van der Waals surface area contributed by atoms with Crippen LogP contribution >= 0.6 is 11.3 Å². The van der Waals surface area contributed by atoms with Crippen LogP contribution in [0, 0.1) is 0 Å². The van der Waals surface area contributed by atoms with Crippen LogP contribution in [0.3, 0.4) is 0 Å². The van der Waals surface area contributed by atoms with Crippen LogP contribution in [-0.2, 0) is 6.54 Å². The summed E-state index contributed by atoms with van der Waals surface area (Å²) in [5, 5.41) is 14.1. The molecule has 0 saturated carbocycles. The van der Waals surface area contributed by atoms with E-state index in [1.165, 1.54) is 0 Å². The number of aromatic amines is 1. The van der Waals surface area contributed by atoms with E-state index in [0.29, 0.717) is 0 Å². The molecule has 4 heteroatoms. The number of hydrogen-bond acceptors (Lipinski definition) is 3. The number of anilines is 1. The molecule has 0 bridgehead atoms. The second kappa shape index (κ2) is 3.40. The lowest BCUT2D eigenvalue weighted by Gasteiger charge is -1.99. The van der Waals surface area contributed by atoms with Gasteiger partial charge in [-0.25, -0.2) is 0 Å². The third-order valence-corrected chi connectivity index (χ3v) is 2.25. The van der Waals surface area contributed by atoms with E-state index in [9.17, 15) is 0 Å². The number of thiophene rings is 1. The zero-order valence-corrected chi connectivity index (χ0v) is 7.27. The lowest BCUT2D eigenvalue weighted by Crippen LogP contribution is -1.97. The van der Waals surface area contributed by atoms with Gasteiger partial charge in [-0.2, -0.15) is 16.4 Å². The largest absolute Gasteiger partial charge is 0.379 e. The van der Waals surface area contributed by atoms with Crippen LogP contribution in [0.25, 0.3) is 0 Å². The maximum absolute atomic E-state index is 3.86. The number of nitrogens with one attached hydrogen (secondary N) is 2. The minimum Gasteiger partial charge on any atom is -0.379 e. The number of hydrogen-bond donors (Lipinski definition) is 2. The molecule has 0 unspecified atom stereocenters. The normalized spacial score (nSPS) is 10.0. The summed E-state index contributed by atoms with van der Waals surface area (Å²) in [5.74, 6) is 0. The highest BCUT2D eigenvalue weighted by Crippen LogP contribution is 2.12. The average Bonchev–Trinajstić information content (AvgIpc) is 2.74. The fourth-order valence-electron chi connectivity index (χ4n) is 0.945. The zero-order valence-electron chi connectivity index (χ0n) is 6.45. The van der Waals surface area contributed by atoms with Crippen molar-refractivity contribution in [1.29, 1.82) is 0 Å². The molecule has 0 radical (unpaired) electrons. The van der Waals surface area contributed by atoms with Crippen molar-refractivity contribution < 1.29 is 0 Å². The van der Waals surface area contributed by atoms with Crippen molar-refractivity contribution in [3.05, 3.63) is 34.8 Å². The van der Waals surface area contributed by atoms with Gasteiger partial charge >= 0.3 is 0 Å². The molecule has 2 aromatic heterocycles. The van der Waals surface area contributed by atoms with Crippen molar-refractivity contribution >= 4 is 17.0 Å². The van der Waals surface area contributed by atoms with Crippen molar-refractivity contribution in [1.82, 2.24) is 10.2 Å². The molecule has 2 N–H and O–H groups in total. The molecule has 2 rings (SSSR count). The first-order valence-corrected chi connectivity index (χ1v) is 4.64. The van der Waals surface area contributed by atoms with Crippen LogP contribution in [0.15, 0.2) is 29.1 Å². The third-order valence-electron chi connectivity index (χ3n) is 1.56. The number of aromatic nitrogens is 2. The molecular formula is C8H9N3S. The van der Waals surface area contributed by atoms with E-state index in [0.717, 1.165) is 17.9 Å². The van der Waals surface area contributed by atoms with Crippen LogP contribution < -0.4 is 5.32 Å². The maximum atomic E-state index is 3.86. The molecule has 0 aromatic carbocycles. The van der Waals surface area contributed by atoms with Crippen LogP contribution in [0.2, 0.25) is 0 Å². The van der Waals surface area contributed by atoms with Gasteiger partial charge in [0.15, 0.2) is 0 Å². The Labute approximate surface area is 74.4 Å². The Morgan fingerprint density at radius 3 is 3.17 bits per heavy atom. The predicted octanol–water partition coefficient (Wildman–Crippen LogP) is 2.08. The maximum Gasteiger partial charge on any atom is 0.0567 e. The first kappa shape index (κ1) is 7.36. The fourth-order valence-corrected chi connectivity index (χ4v) is 1.56. The number of rotatable bonds is 3. The quantitative estimate of drug-likeness (QED) is 0.757. The summed E-state index contributed by atoms with van der Waals surface area (Å²) in [6, 6.07) is 4.01. The Hall–Kier alpha value is -1.29. The smallest absolute Gasteiger partial charge is 0.0567 e. The van der Waals surface area contributed by atoms with Gasteiger partial charge in [0, 0.05) is 17.3 Å². The number of H-pyrrole nitrogens is 1. The summed E-state index contributed by atoms with van der Waals surface area (Å²) < 4.78 is 0. The van der Waals surface area contributed by atoms with Gasteiger partial charge in [-0.05, 0) is 17.5 Å². The monoisotopic (exact) mass is 179 g/mol. The van der Waals surface area contributed by atoms with Crippen LogP contribution in [0.1, 0.15) is 5.69 Å². The Kier molecular flexibility index (Phi) is 2.09. The van der Waals surface area contributed by atoms with Gasteiger partial charge in [0.25, 0.3) is 0 Å². The van der Waals surface area contributed by atoms with Crippen molar-refractivity contribution in [2.75, 3.05) is 5.32 Å². The second-order valence-corrected chi connectivity index (χ2v) is 3.23. The molecule has 0 aliphatic carbocycles. The lowest BCUT2D eigenvalue weighted by molar-refractivity contribution is 0.982. The van der Waals surface area contributed by atoms with E-state index in [1.54, 1.807) is 17.5 Å². The van der Waals surface area contributed by atoms with E-state index >= 15 is 0 Å². The number of nitrogens with zero attached hydrogens (tertiary/aromatic N) is 1. The molecule has 0 fully saturated rings. The molecule has 0 amide bonds. The van der Waals surface area contributed by atoms with Gasteiger partial charge in [0.1, 0.15) is 0 Å². The molecule has 2 aromatic rings. The van der Waals surface area contributed by atoms with E-state index in [4.69, 9.17) is 0 Å². The summed E-state index contributed by atoms with van der Waals surface area (Å²) in [6.45, 7) is 0.802. The van der Waals surface area contributed by atoms with Gasteiger partial charge in [-0.15, -0.1) is 0 Å². The van der Waals surface area contributed by atoms with Crippen molar-refractivity contribution in [2.45, 2.75) is 6.54 Å². The Balaban J connectivity index is 1.91. The summed E-state index contributed by atoms with van der Waals surface area (Å²) >= 11 is 1.69. The lowest BCUT2D eigenvalue weighted by atomic mass is 10.4. The Morgan fingerprint density at radius 2 is 2.50 bits per heavy atom. The molecule has 3 nitrogen and oxygen atoms in total. The van der Waals surface area contributed by atoms with Crippen molar-refractivity contribution in [2.24, 2.45) is 0 Å². The van der Waals surface area contributed by atoms with E-state index in [-0.39, 0.29) is 0 Å².